The Labute approximate surface area is 117 Å². The van der Waals surface area contributed by atoms with E-state index in [9.17, 15) is 0 Å². The average molecular weight is 282 g/mol. The number of methoxy groups -OCH3 is 1. The van der Waals surface area contributed by atoms with Crippen molar-refractivity contribution in [2.24, 2.45) is 0 Å². The third-order valence-electron chi connectivity index (χ3n) is 2.64. The van der Waals surface area contributed by atoms with Crippen molar-refractivity contribution in [2.45, 2.75) is 12.2 Å². The van der Waals surface area contributed by atoms with Crippen LogP contribution in [0.5, 0.6) is 0 Å². The first-order valence-electron chi connectivity index (χ1n) is 5.92. The van der Waals surface area contributed by atoms with Crippen molar-refractivity contribution in [3.05, 3.63) is 41.0 Å². The third kappa shape index (κ3) is 3.61. The first kappa shape index (κ1) is 13.7. The molecule has 0 atom stereocenters. The molecule has 0 spiro atoms. The second-order valence-corrected chi connectivity index (χ2v) is 5.49. The molecule has 4 heteroatoms. The van der Waals surface area contributed by atoms with Gasteiger partial charge in [0.1, 0.15) is 5.15 Å². The molecule has 0 aliphatic rings. The lowest BCUT2D eigenvalue weighted by Crippen LogP contribution is -1.92. The highest BCUT2D eigenvalue weighted by Gasteiger charge is 2.04. The number of para-hydroxylation sites is 1. The summed E-state index contributed by atoms with van der Waals surface area (Å²) < 4.78 is 5.02. The van der Waals surface area contributed by atoms with E-state index in [0.717, 1.165) is 41.0 Å². The highest BCUT2D eigenvalue weighted by Crippen LogP contribution is 2.24. The molecule has 18 heavy (non-hydrogen) atoms. The number of benzene rings is 1. The molecule has 0 saturated heterocycles. The Morgan fingerprint density at radius 1 is 1.33 bits per heavy atom. The third-order valence-corrected chi connectivity index (χ3v) is 4.06. The number of halogens is 1. The number of aromatic nitrogens is 1. The standard InChI is InChI=1S/C14H16ClNOS/c1-17-7-4-8-18-10-12-9-11-5-2-3-6-13(11)16-14(12)15/h2-3,5-6,9H,4,7-8,10H2,1H3. The molecule has 96 valence electrons. The summed E-state index contributed by atoms with van der Waals surface area (Å²) in [5, 5.41) is 1.77. The molecule has 2 nitrogen and oxygen atoms in total. The lowest BCUT2D eigenvalue weighted by Gasteiger charge is -2.06. The summed E-state index contributed by atoms with van der Waals surface area (Å²) in [6, 6.07) is 10.2. The van der Waals surface area contributed by atoms with Crippen LogP contribution in [0.25, 0.3) is 10.9 Å². The van der Waals surface area contributed by atoms with Crippen LogP contribution in [0, 0.1) is 0 Å². The Bertz CT molecular complexity index is 518. The van der Waals surface area contributed by atoms with Gasteiger partial charge < -0.3 is 4.74 Å². The molecule has 1 aromatic carbocycles. The number of ether oxygens (including phenoxy) is 1. The van der Waals surface area contributed by atoms with Crippen molar-refractivity contribution in [1.82, 2.24) is 4.98 Å². The van der Waals surface area contributed by atoms with Gasteiger partial charge in [-0.1, -0.05) is 29.8 Å². The van der Waals surface area contributed by atoms with Crippen LogP contribution >= 0.6 is 23.4 Å². The minimum absolute atomic E-state index is 0.618. The Balaban J connectivity index is 2.01. The number of rotatable bonds is 6. The molecular formula is C14H16ClNOS. The number of hydrogen-bond donors (Lipinski definition) is 0. The topological polar surface area (TPSA) is 22.1 Å². The summed E-state index contributed by atoms with van der Waals surface area (Å²) in [5.41, 5.74) is 2.06. The highest BCUT2D eigenvalue weighted by atomic mass is 35.5. The fourth-order valence-corrected chi connectivity index (χ4v) is 2.92. The van der Waals surface area contributed by atoms with Gasteiger partial charge in [0, 0.05) is 30.4 Å². The van der Waals surface area contributed by atoms with Crippen LogP contribution in [0.3, 0.4) is 0 Å². The van der Waals surface area contributed by atoms with Crippen LogP contribution in [0.1, 0.15) is 12.0 Å². The number of fused-ring (bicyclic) bond motifs is 1. The van der Waals surface area contributed by atoms with Gasteiger partial charge >= 0.3 is 0 Å². The molecular weight excluding hydrogens is 266 g/mol. The molecule has 0 saturated carbocycles. The van der Waals surface area contributed by atoms with Crippen LogP contribution in [0.2, 0.25) is 5.15 Å². The minimum atomic E-state index is 0.618. The zero-order valence-corrected chi connectivity index (χ0v) is 11.9. The predicted molar refractivity (Wildman–Crippen MR) is 79.4 cm³/mol. The van der Waals surface area contributed by atoms with E-state index in [4.69, 9.17) is 16.3 Å². The highest BCUT2D eigenvalue weighted by molar-refractivity contribution is 7.98. The van der Waals surface area contributed by atoms with Crippen molar-refractivity contribution >= 4 is 34.3 Å². The molecule has 1 heterocycles. The van der Waals surface area contributed by atoms with Crippen LogP contribution in [0.4, 0.5) is 0 Å². The first-order valence-corrected chi connectivity index (χ1v) is 7.45. The quantitative estimate of drug-likeness (QED) is 0.586. The SMILES string of the molecule is COCCCSCc1cc2ccccc2nc1Cl. The smallest absolute Gasteiger partial charge is 0.133 e. The van der Waals surface area contributed by atoms with Gasteiger partial charge in [0.15, 0.2) is 0 Å². The molecule has 2 aromatic rings. The van der Waals surface area contributed by atoms with E-state index < -0.39 is 0 Å². The zero-order chi connectivity index (χ0) is 12.8. The Hall–Kier alpha value is -0.770. The zero-order valence-electron chi connectivity index (χ0n) is 10.4. The molecule has 0 bridgehead atoms. The van der Waals surface area contributed by atoms with Gasteiger partial charge in [-0.3, -0.25) is 0 Å². The van der Waals surface area contributed by atoms with E-state index in [1.807, 2.05) is 30.0 Å². The van der Waals surface area contributed by atoms with Crippen molar-refractivity contribution in [2.75, 3.05) is 19.5 Å². The summed E-state index contributed by atoms with van der Waals surface area (Å²) in [6.45, 7) is 0.816. The van der Waals surface area contributed by atoms with Gasteiger partial charge in [0.25, 0.3) is 0 Å². The lowest BCUT2D eigenvalue weighted by atomic mass is 10.2. The average Bonchev–Trinajstić information content (AvgIpc) is 2.39. The molecule has 0 aliphatic carbocycles. The summed E-state index contributed by atoms with van der Waals surface area (Å²) in [7, 11) is 1.73. The molecule has 1 aromatic heterocycles. The molecule has 2 rings (SSSR count). The largest absolute Gasteiger partial charge is 0.385 e. The van der Waals surface area contributed by atoms with Crippen LogP contribution < -0.4 is 0 Å². The van der Waals surface area contributed by atoms with Gasteiger partial charge in [-0.15, -0.1) is 0 Å². The fraction of sp³-hybridized carbons (Fsp3) is 0.357. The van der Waals surface area contributed by atoms with E-state index in [2.05, 4.69) is 17.1 Å². The van der Waals surface area contributed by atoms with Crippen molar-refractivity contribution in [3.8, 4) is 0 Å². The van der Waals surface area contributed by atoms with Crippen molar-refractivity contribution in [3.63, 3.8) is 0 Å². The van der Waals surface area contributed by atoms with E-state index in [1.54, 1.807) is 7.11 Å². The summed E-state index contributed by atoms with van der Waals surface area (Å²) >= 11 is 8.06. The lowest BCUT2D eigenvalue weighted by molar-refractivity contribution is 0.200. The predicted octanol–water partition coefficient (Wildman–Crippen LogP) is 4.16. The van der Waals surface area contributed by atoms with Gasteiger partial charge in [-0.2, -0.15) is 11.8 Å². The van der Waals surface area contributed by atoms with Gasteiger partial charge in [0.2, 0.25) is 0 Å². The fourth-order valence-electron chi connectivity index (χ4n) is 1.72. The molecule has 0 N–H and O–H groups in total. The molecule has 0 amide bonds. The van der Waals surface area contributed by atoms with E-state index in [1.165, 1.54) is 0 Å². The molecule has 0 fully saturated rings. The van der Waals surface area contributed by atoms with Crippen LogP contribution in [0.15, 0.2) is 30.3 Å². The van der Waals surface area contributed by atoms with Crippen LogP contribution in [-0.2, 0) is 10.5 Å². The molecule has 0 unspecified atom stereocenters. The van der Waals surface area contributed by atoms with E-state index in [-0.39, 0.29) is 0 Å². The van der Waals surface area contributed by atoms with Crippen molar-refractivity contribution in [1.29, 1.82) is 0 Å². The number of thioether (sulfide) groups is 1. The first-order chi connectivity index (χ1) is 8.81. The number of pyridine rings is 1. The minimum Gasteiger partial charge on any atom is -0.385 e. The monoisotopic (exact) mass is 281 g/mol. The van der Waals surface area contributed by atoms with Crippen LogP contribution in [-0.4, -0.2) is 24.5 Å². The summed E-state index contributed by atoms with van der Waals surface area (Å²) in [5.74, 6) is 1.98. The summed E-state index contributed by atoms with van der Waals surface area (Å²) in [4.78, 5) is 4.42. The maximum atomic E-state index is 6.19. The molecule has 0 radical (unpaired) electrons. The Morgan fingerprint density at radius 3 is 3.00 bits per heavy atom. The Morgan fingerprint density at radius 2 is 2.17 bits per heavy atom. The normalized spacial score (nSPS) is 11.0. The van der Waals surface area contributed by atoms with Gasteiger partial charge in [-0.05, 0) is 24.3 Å². The maximum absolute atomic E-state index is 6.19. The maximum Gasteiger partial charge on any atom is 0.133 e. The van der Waals surface area contributed by atoms with E-state index >= 15 is 0 Å². The van der Waals surface area contributed by atoms with Crippen molar-refractivity contribution < 1.29 is 4.74 Å². The number of hydrogen-bond acceptors (Lipinski definition) is 3. The second kappa shape index (κ2) is 6.98. The van der Waals surface area contributed by atoms with Gasteiger partial charge in [-0.25, -0.2) is 4.98 Å². The summed E-state index contributed by atoms with van der Waals surface area (Å²) in [6.07, 6.45) is 1.07. The second-order valence-electron chi connectivity index (χ2n) is 4.03. The Kier molecular flexibility index (Phi) is 5.29. The molecule has 0 aliphatic heterocycles. The van der Waals surface area contributed by atoms with E-state index in [0.29, 0.717) is 5.15 Å². The van der Waals surface area contributed by atoms with Gasteiger partial charge in [0.05, 0.1) is 5.52 Å². The number of nitrogens with zero attached hydrogens (tertiary/aromatic N) is 1.